The number of ether oxygens (including phenoxy) is 2. The molecule has 0 saturated carbocycles. The topological polar surface area (TPSA) is 127 Å². The Morgan fingerprint density at radius 3 is 1.23 bits per heavy atom. The van der Waals surface area contributed by atoms with Crippen LogP contribution in [0.4, 0.5) is 0 Å². The molecule has 220 valence electrons. The summed E-state index contributed by atoms with van der Waals surface area (Å²) in [6, 6.07) is 11.8. The lowest BCUT2D eigenvalue weighted by atomic mass is 10.1. The zero-order valence-electron chi connectivity index (χ0n) is 23.9. The second-order valence-electron chi connectivity index (χ2n) is 9.58. The normalized spacial score (nSPS) is 10.2. The molecular formula is C32H44O8. The number of hydrogen-bond donors (Lipinski definition) is 2. The zero-order valence-corrected chi connectivity index (χ0v) is 23.9. The van der Waals surface area contributed by atoms with Crippen LogP contribution < -0.4 is 0 Å². The van der Waals surface area contributed by atoms with Crippen molar-refractivity contribution in [3.05, 3.63) is 70.8 Å². The van der Waals surface area contributed by atoms with Crippen LogP contribution in [-0.4, -0.2) is 47.3 Å². The van der Waals surface area contributed by atoms with Crippen LogP contribution in [0.25, 0.3) is 0 Å². The van der Waals surface area contributed by atoms with Gasteiger partial charge in [0.2, 0.25) is 0 Å². The number of aromatic carboxylic acids is 2. The van der Waals surface area contributed by atoms with Gasteiger partial charge in [-0.2, -0.15) is 0 Å². The van der Waals surface area contributed by atoms with Gasteiger partial charge in [-0.15, -0.1) is 0 Å². The van der Waals surface area contributed by atoms with E-state index in [0.717, 1.165) is 38.5 Å². The Morgan fingerprint density at radius 1 is 0.525 bits per heavy atom. The Bertz CT molecular complexity index is 1050. The van der Waals surface area contributed by atoms with Crippen molar-refractivity contribution in [3.63, 3.8) is 0 Å². The molecule has 0 fully saturated rings. The molecule has 0 aliphatic rings. The smallest absolute Gasteiger partial charge is 0.338 e. The minimum Gasteiger partial charge on any atom is -0.478 e. The van der Waals surface area contributed by atoms with Crippen LogP contribution in [0.2, 0.25) is 0 Å². The fourth-order valence-electron chi connectivity index (χ4n) is 3.82. The molecule has 0 atom stereocenters. The Kier molecular flexibility index (Phi) is 18.2. The summed E-state index contributed by atoms with van der Waals surface area (Å²) >= 11 is 0. The average molecular weight is 557 g/mol. The molecule has 8 heteroatoms. The Balaban J connectivity index is 0.000000408. The highest BCUT2D eigenvalue weighted by molar-refractivity contribution is 5.95. The van der Waals surface area contributed by atoms with E-state index in [0.29, 0.717) is 18.8 Å². The molecular weight excluding hydrogens is 512 g/mol. The van der Waals surface area contributed by atoms with Crippen LogP contribution in [0.5, 0.6) is 0 Å². The number of carbonyl (C=O) groups is 4. The molecule has 8 nitrogen and oxygen atoms in total. The van der Waals surface area contributed by atoms with E-state index in [1.807, 2.05) is 0 Å². The van der Waals surface area contributed by atoms with Gasteiger partial charge in [-0.25, -0.2) is 19.2 Å². The first-order valence-electron chi connectivity index (χ1n) is 14.3. The standard InChI is InChI=1S/C18H26O4.C14H18O4/c1-2-3-4-5-6-7-8-9-13-22-18(21)16-12-10-11-15(14-16)17(19)20;1-2-3-4-5-9-18-14(17)12-8-6-7-11(10-12)13(15)16/h10-12,14H,2-9,13H2,1H3,(H,19,20);6-8,10H,2-5,9H2,1H3,(H,15,16). The molecule has 0 aliphatic heterocycles. The minimum absolute atomic E-state index is 0.0930. The van der Waals surface area contributed by atoms with Crippen LogP contribution in [0.15, 0.2) is 48.5 Å². The monoisotopic (exact) mass is 556 g/mol. The van der Waals surface area contributed by atoms with Gasteiger partial charge in [0.15, 0.2) is 0 Å². The Hall–Kier alpha value is -3.68. The van der Waals surface area contributed by atoms with E-state index in [2.05, 4.69) is 13.8 Å². The van der Waals surface area contributed by atoms with Gasteiger partial charge in [0, 0.05) is 0 Å². The lowest BCUT2D eigenvalue weighted by molar-refractivity contribution is 0.0488. The van der Waals surface area contributed by atoms with Crippen molar-refractivity contribution in [2.45, 2.75) is 90.9 Å². The van der Waals surface area contributed by atoms with E-state index in [9.17, 15) is 19.2 Å². The number of carboxylic acid groups (broad SMARTS) is 2. The van der Waals surface area contributed by atoms with Gasteiger partial charge in [0.1, 0.15) is 0 Å². The SMILES string of the molecule is CCCCCCCCCCOC(=O)c1cccc(C(=O)O)c1.CCCCCCOC(=O)c1cccc(C(=O)O)c1. The van der Waals surface area contributed by atoms with Crippen molar-refractivity contribution in [1.29, 1.82) is 0 Å². The third-order valence-electron chi connectivity index (χ3n) is 6.15. The first-order chi connectivity index (χ1) is 19.3. The first-order valence-corrected chi connectivity index (χ1v) is 14.3. The number of benzene rings is 2. The number of carboxylic acids is 2. The van der Waals surface area contributed by atoms with E-state index in [1.54, 1.807) is 18.2 Å². The number of hydrogen-bond acceptors (Lipinski definition) is 6. The predicted molar refractivity (Wildman–Crippen MR) is 154 cm³/mol. The highest BCUT2D eigenvalue weighted by Crippen LogP contribution is 2.11. The summed E-state index contributed by atoms with van der Waals surface area (Å²) in [5.41, 5.74) is 0.766. The largest absolute Gasteiger partial charge is 0.478 e. The van der Waals surface area contributed by atoms with Gasteiger partial charge in [-0.1, -0.05) is 90.2 Å². The molecule has 2 rings (SSSR count). The summed E-state index contributed by atoms with van der Waals surface area (Å²) in [6.45, 7) is 5.10. The number of rotatable bonds is 18. The second kappa shape index (κ2) is 21.2. The first kappa shape index (κ1) is 34.3. The molecule has 0 unspecified atom stereocenters. The molecule has 0 amide bonds. The molecule has 0 radical (unpaired) electrons. The molecule has 2 aromatic rings. The third-order valence-corrected chi connectivity index (χ3v) is 6.15. The maximum Gasteiger partial charge on any atom is 0.338 e. The van der Waals surface area contributed by atoms with E-state index in [1.165, 1.54) is 68.9 Å². The predicted octanol–water partition coefficient (Wildman–Crippen LogP) is 7.80. The maximum absolute atomic E-state index is 11.8. The minimum atomic E-state index is -1.05. The van der Waals surface area contributed by atoms with Crippen LogP contribution >= 0.6 is 0 Å². The van der Waals surface area contributed by atoms with Gasteiger partial charge in [0.25, 0.3) is 0 Å². The zero-order chi connectivity index (χ0) is 29.6. The molecule has 40 heavy (non-hydrogen) atoms. The summed E-state index contributed by atoms with van der Waals surface area (Å²) in [5.74, 6) is -3.01. The van der Waals surface area contributed by atoms with E-state index < -0.39 is 23.9 Å². The quantitative estimate of drug-likeness (QED) is 0.141. The number of esters is 2. The Labute approximate surface area is 237 Å². The maximum atomic E-state index is 11.8. The van der Waals surface area contributed by atoms with Crippen molar-refractivity contribution in [3.8, 4) is 0 Å². The lowest BCUT2D eigenvalue weighted by Gasteiger charge is -2.05. The third kappa shape index (κ3) is 15.0. The van der Waals surface area contributed by atoms with E-state index >= 15 is 0 Å². The summed E-state index contributed by atoms with van der Waals surface area (Å²) in [6.07, 6.45) is 13.7. The van der Waals surface area contributed by atoms with Crippen molar-refractivity contribution in [1.82, 2.24) is 0 Å². The van der Waals surface area contributed by atoms with Crippen molar-refractivity contribution < 1.29 is 38.9 Å². The van der Waals surface area contributed by atoms with Crippen molar-refractivity contribution in [2.75, 3.05) is 13.2 Å². The second-order valence-corrected chi connectivity index (χ2v) is 9.58. The highest BCUT2D eigenvalue weighted by atomic mass is 16.5. The van der Waals surface area contributed by atoms with Crippen LogP contribution in [0.3, 0.4) is 0 Å². The lowest BCUT2D eigenvalue weighted by Crippen LogP contribution is -2.08. The molecule has 0 aliphatic carbocycles. The molecule has 0 spiro atoms. The van der Waals surface area contributed by atoms with E-state index in [4.69, 9.17) is 19.7 Å². The number of unbranched alkanes of at least 4 members (excludes halogenated alkanes) is 10. The number of carbonyl (C=O) groups excluding carboxylic acids is 2. The molecule has 2 N–H and O–H groups in total. The van der Waals surface area contributed by atoms with Gasteiger partial charge < -0.3 is 19.7 Å². The average Bonchev–Trinajstić information content (AvgIpc) is 2.96. The van der Waals surface area contributed by atoms with Crippen LogP contribution in [0.1, 0.15) is 132 Å². The summed E-state index contributed by atoms with van der Waals surface area (Å²) < 4.78 is 10.3. The van der Waals surface area contributed by atoms with Crippen LogP contribution in [0, 0.1) is 0 Å². The van der Waals surface area contributed by atoms with Crippen LogP contribution in [-0.2, 0) is 9.47 Å². The van der Waals surface area contributed by atoms with Crippen molar-refractivity contribution in [2.24, 2.45) is 0 Å². The van der Waals surface area contributed by atoms with Crippen molar-refractivity contribution >= 4 is 23.9 Å². The van der Waals surface area contributed by atoms with Gasteiger partial charge in [0.05, 0.1) is 35.5 Å². The van der Waals surface area contributed by atoms with Gasteiger partial charge >= 0.3 is 23.9 Å². The summed E-state index contributed by atoms with van der Waals surface area (Å²) in [7, 11) is 0. The van der Waals surface area contributed by atoms with Gasteiger partial charge in [-0.05, 0) is 49.2 Å². The fourth-order valence-corrected chi connectivity index (χ4v) is 3.82. The van der Waals surface area contributed by atoms with E-state index in [-0.39, 0.29) is 16.7 Å². The molecule has 0 aromatic heterocycles. The molecule has 0 heterocycles. The summed E-state index contributed by atoms with van der Waals surface area (Å²) in [5, 5.41) is 17.7. The van der Waals surface area contributed by atoms with Gasteiger partial charge in [-0.3, -0.25) is 0 Å². The molecule has 0 bridgehead atoms. The fraction of sp³-hybridized carbons (Fsp3) is 0.500. The molecule has 0 saturated heterocycles. The summed E-state index contributed by atoms with van der Waals surface area (Å²) in [4.78, 5) is 45.1. The highest BCUT2D eigenvalue weighted by Gasteiger charge is 2.11. The molecule has 2 aromatic carbocycles. The Morgan fingerprint density at radius 2 is 0.850 bits per heavy atom.